The molecule has 10 atom stereocenters. The third-order valence-corrected chi connectivity index (χ3v) is 13.0. The van der Waals surface area contributed by atoms with E-state index in [2.05, 4.69) is 6.92 Å². The molecule has 10 nitrogen and oxygen atoms in total. The second kappa shape index (κ2) is 13.8. The summed E-state index contributed by atoms with van der Waals surface area (Å²) in [5.74, 6) is -3.29. The van der Waals surface area contributed by atoms with E-state index in [0.717, 1.165) is 5.56 Å². The van der Waals surface area contributed by atoms with Crippen LogP contribution in [0.2, 0.25) is 10.0 Å². The van der Waals surface area contributed by atoms with Crippen molar-refractivity contribution in [2.45, 2.75) is 104 Å². The van der Waals surface area contributed by atoms with Gasteiger partial charge in [-0.05, 0) is 79.7 Å². The van der Waals surface area contributed by atoms with Crippen LogP contribution in [-0.4, -0.2) is 72.7 Å². The number of carbonyl (C=O) groups excluding carboxylic acids is 4. The molecule has 1 unspecified atom stereocenters. The molecule has 1 saturated heterocycles. The molecule has 1 aromatic carbocycles. The number of carbonyl (C=O) groups is 4. The minimum absolute atomic E-state index is 0.0624. The van der Waals surface area contributed by atoms with Crippen molar-refractivity contribution in [1.82, 2.24) is 0 Å². The molecule has 0 aromatic heterocycles. The lowest BCUT2D eigenvalue weighted by molar-refractivity contribution is -0.287. The van der Waals surface area contributed by atoms with Crippen molar-refractivity contribution in [2.24, 2.45) is 34.0 Å². The van der Waals surface area contributed by atoms with E-state index >= 15 is 0 Å². The monoisotopic (exact) mass is 722 g/mol. The van der Waals surface area contributed by atoms with Crippen LogP contribution < -0.4 is 0 Å². The summed E-state index contributed by atoms with van der Waals surface area (Å²) < 4.78 is 30.2. The molecule has 4 aliphatic rings. The Kier molecular flexibility index (Phi) is 10.6. The molecule has 3 fully saturated rings. The number of aliphatic hydroxyl groups is 1. The first-order valence-corrected chi connectivity index (χ1v) is 17.7. The van der Waals surface area contributed by atoms with Crippen molar-refractivity contribution in [3.05, 3.63) is 45.5 Å². The molecule has 1 heterocycles. The van der Waals surface area contributed by atoms with E-state index in [-0.39, 0.29) is 19.1 Å². The van der Waals surface area contributed by atoms with Gasteiger partial charge in [-0.25, -0.2) is 0 Å². The molecule has 12 heteroatoms. The minimum Gasteiger partial charge on any atom is -0.466 e. The molecule has 3 aliphatic carbocycles. The molecule has 1 aliphatic heterocycles. The smallest absolute Gasteiger partial charge is 0.303 e. The Hall–Kier alpha value is -2.66. The first kappa shape index (κ1) is 37.6. The highest BCUT2D eigenvalue weighted by molar-refractivity contribution is 6.42. The van der Waals surface area contributed by atoms with E-state index in [4.69, 9.17) is 46.9 Å². The Morgan fingerprint density at radius 3 is 2.20 bits per heavy atom. The summed E-state index contributed by atoms with van der Waals surface area (Å²) in [6.07, 6.45) is 1.38. The third kappa shape index (κ3) is 6.51. The number of esters is 4. The number of fused-ring (bicyclic) bond motifs is 5. The summed E-state index contributed by atoms with van der Waals surface area (Å²) in [6.45, 7) is 11.9. The lowest BCUT2D eigenvalue weighted by Crippen LogP contribution is -2.74. The average Bonchev–Trinajstić information content (AvgIpc) is 3.44. The minimum atomic E-state index is -1.34. The van der Waals surface area contributed by atoms with Gasteiger partial charge < -0.3 is 28.8 Å². The van der Waals surface area contributed by atoms with Gasteiger partial charge in [0.15, 0.2) is 0 Å². The highest BCUT2D eigenvalue weighted by Gasteiger charge is 2.76. The summed E-state index contributed by atoms with van der Waals surface area (Å²) in [4.78, 5) is 50.4. The molecule has 0 spiro atoms. The first-order chi connectivity index (χ1) is 22.9. The Bertz CT molecular complexity index is 1530. The second-order valence-electron chi connectivity index (χ2n) is 15.0. The number of hydrogen-bond donors (Lipinski definition) is 1. The lowest BCUT2D eigenvalue weighted by Gasteiger charge is -2.70. The number of rotatable bonds is 9. The highest BCUT2D eigenvalue weighted by Crippen LogP contribution is 2.72. The second-order valence-corrected chi connectivity index (χ2v) is 15.8. The molecule has 1 aromatic rings. The van der Waals surface area contributed by atoms with Crippen molar-refractivity contribution in [2.75, 3.05) is 19.8 Å². The average molecular weight is 724 g/mol. The van der Waals surface area contributed by atoms with Crippen LogP contribution >= 0.6 is 23.2 Å². The van der Waals surface area contributed by atoms with Gasteiger partial charge in [0.1, 0.15) is 18.3 Å². The zero-order valence-electron chi connectivity index (χ0n) is 29.3. The van der Waals surface area contributed by atoms with Crippen LogP contribution in [0.4, 0.5) is 0 Å². The zero-order chi connectivity index (χ0) is 36.1. The molecule has 49 heavy (non-hydrogen) atoms. The van der Waals surface area contributed by atoms with E-state index in [1.165, 1.54) is 27.7 Å². The van der Waals surface area contributed by atoms with Gasteiger partial charge in [-0.3, -0.25) is 19.2 Å². The maximum absolute atomic E-state index is 13.0. The Morgan fingerprint density at radius 1 is 0.918 bits per heavy atom. The van der Waals surface area contributed by atoms with E-state index < -0.39 is 75.9 Å². The van der Waals surface area contributed by atoms with Gasteiger partial charge in [0.2, 0.25) is 0 Å². The van der Waals surface area contributed by atoms with Gasteiger partial charge in [0.05, 0.1) is 35.5 Å². The molecule has 270 valence electrons. The Morgan fingerprint density at radius 2 is 1.59 bits per heavy atom. The van der Waals surface area contributed by atoms with E-state index in [0.29, 0.717) is 54.3 Å². The predicted molar refractivity (Wildman–Crippen MR) is 181 cm³/mol. The first-order valence-electron chi connectivity index (χ1n) is 17.0. The van der Waals surface area contributed by atoms with Crippen molar-refractivity contribution < 1.29 is 48.0 Å². The van der Waals surface area contributed by atoms with E-state index in [1.807, 2.05) is 26.0 Å². The van der Waals surface area contributed by atoms with Crippen molar-refractivity contribution in [3.63, 3.8) is 0 Å². The molecule has 0 amide bonds. The van der Waals surface area contributed by atoms with Crippen molar-refractivity contribution in [3.8, 4) is 0 Å². The van der Waals surface area contributed by atoms with E-state index in [1.54, 1.807) is 12.1 Å². The normalized spacial score (nSPS) is 37.9. The standard InChI is InChI=1S/C37H48Cl2O10/c1-20-16-30(47-22(3)41)35(7)28(37(20,44)13-10-25-8-9-26(38)27(39)17-25)11-12-34(6)29-18-45-19-36(29,14-15-46-21(2)40)33(49-24(5)43)31(32(34)35)48-23(4)42/h8-9,16-17,28-33,44H,10-15,18-19H2,1-7H3/t28-,29+,30-,31+,32?,33+,34+,35-,36+,37-/m1/s1. The van der Waals surface area contributed by atoms with Crippen molar-refractivity contribution >= 4 is 47.1 Å². The van der Waals surface area contributed by atoms with Gasteiger partial charge in [-0.1, -0.05) is 43.1 Å². The summed E-state index contributed by atoms with van der Waals surface area (Å²) in [5, 5.41) is 13.7. The SMILES string of the molecule is CC(=O)OCC[C@]12COC[C@H]1[C@]1(C)CC[C@@H]3[C@@](C)(C1[C@H](OC(C)=O)[C@@H]2OC(C)=O)[C@H](OC(C)=O)C=C(C)[C@]3(O)CCc1ccc(Cl)c(Cl)c1. The predicted octanol–water partition coefficient (Wildman–Crippen LogP) is 6.05. The van der Waals surface area contributed by atoms with Crippen LogP contribution in [0.5, 0.6) is 0 Å². The summed E-state index contributed by atoms with van der Waals surface area (Å²) in [6, 6.07) is 5.41. The number of ether oxygens (including phenoxy) is 5. The number of hydrogen-bond acceptors (Lipinski definition) is 10. The molecule has 5 rings (SSSR count). The fraction of sp³-hybridized carbons (Fsp3) is 0.676. The largest absolute Gasteiger partial charge is 0.466 e. The van der Waals surface area contributed by atoms with Gasteiger partial charge in [-0.15, -0.1) is 0 Å². The van der Waals surface area contributed by atoms with Gasteiger partial charge in [0, 0.05) is 50.4 Å². The molecular formula is C37H48Cl2O10. The maximum atomic E-state index is 13.0. The number of aryl methyl sites for hydroxylation is 1. The van der Waals surface area contributed by atoms with Crippen LogP contribution in [0.3, 0.4) is 0 Å². The zero-order valence-corrected chi connectivity index (χ0v) is 30.8. The van der Waals surface area contributed by atoms with Gasteiger partial charge in [-0.2, -0.15) is 0 Å². The highest BCUT2D eigenvalue weighted by atomic mass is 35.5. The fourth-order valence-electron chi connectivity index (χ4n) is 10.4. The van der Waals surface area contributed by atoms with Crippen molar-refractivity contribution in [1.29, 1.82) is 0 Å². The molecule has 2 saturated carbocycles. The van der Waals surface area contributed by atoms with Gasteiger partial charge in [0.25, 0.3) is 0 Å². The maximum Gasteiger partial charge on any atom is 0.303 e. The number of benzene rings is 1. The summed E-state index contributed by atoms with van der Waals surface area (Å²) in [7, 11) is 0. The molecular weight excluding hydrogens is 675 g/mol. The van der Waals surface area contributed by atoms with Crippen LogP contribution in [0.1, 0.15) is 79.7 Å². The van der Waals surface area contributed by atoms with E-state index in [9.17, 15) is 24.3 Å². The Balaban J connectivity index is 1.68. The fourth-order valence-corrected chi connectivity index (χ4v) is 10.7. The summed E-state index contributed by atoms with van der Waals surface area (Å²) >= 11 is 12.5. The van der Waals surface area contributed by atoms with Crippen LogP contribution in [0, 0.1) is 34.0 Å². The lowest BCUT2D eigenvalue weighted by atomic mass is 9.36. The number of halogens is 2. The third-order valence-electron chi connectivity index (χ3n) is 12.3. The Labute approximate surface area is 298 Å². The molecule has 0 bridgehead atoms. The van der Waals surface area contributed by atoms with Crippen LogP contribution in [0.25, 0.3) is 0 Å². The molecule has 0 radical (unpaired) electrons. The summed E-state index contributed by atoms with van der Waals surface area (Å²) in [5.41, 5.74) is -2.22. The van der Waals surface area contributed by atoms with Gasteiger partial charge >= 0.3 is 23.9 Å². The van der Waals surface area contributed by atoms with Crippen LogP contribution in [0.15, 0.2) is 29.8 Å². The van der Waals surface area contributed by atoms with Crippen LogP contribution in [-0.2, 0) is 49.3 Å². The molecule has 1 N–H and O–H groups in total. The topological polar surface area (TPSA) is 135 Å². The quantitative estimate of drug-likeness (QED) is 0.182.